The van der Waals surface area contributed by atoms with Crippen LogP contribution in [0.5, 0.6) is 11.5 Å². The van der Waals surface area contributed by atoms with Gasteiger partial charge in [0.25, 0.3) is 0 Å². The lowest BCUT2D eigenvalue weighted by molar-refractivity contribution is 0.471. The van der Waals surface area contributed by atoms with E-state index >= 15 is 0 Å². The fourth-order valence-electron chi connectivity index (χ4n) is 2.80. The molecule has 3 rings (SSSR count). The lowest BCUT2D eigenvalue weighted by atomic mass is 10.2. The fourth-order valence-corrected chi connectivity index (χ4v) is 2.80. The van der Waals surface area contributed by atoms with E-state index in [9.17, 15) is 0 Å². The van der Waals surface area contributed by atoms with Crippen LogP contribution >= 0.6 is 0 Å². The van der Waals surface area contributed by atoms with Crippen molar-refractivity contribution in [2.24, 2.45) is 4.99 Å². The highest BCUT2D eigenvalue weighted by molar-refractivity contribution is 5.96. The minimum absolute atomic E-state index is 0.537. The fraction of sp³-hybridized carbons (Fsp3) is 0.192. The van der Waals surface area contributed by atoms with Gasteiger partial charge in [0.1, 0.15) is 11.5 Å². The van der Waals surface area contributed by atoms with Gasteiger partial charge in [0, 0.05) is 5.57 Å². The van der Waals surface area contributed by atoms with Crippen LogP contribution in [0.1, 0.15) is 30.0 Å². The minimum Gasteiger partial charge on any atom is -0.465 e. The van der Waals surface area contributed by atoms with Crippen LogP contribution in [-0.2, 0) is 0 Å². The van der Waals surface area contributed by atoms with Crippen molar-refractivity contribution in [1.82, 2.24) is 0 Å². The second-order valence-electron chi connectivity index (χ2n) is 7.10. The van der Waals surface area contributed by atoms with Gasteiger partial charge in [-0.2, -0.15) is 0 Å². The van der Waals surface area contributed by atoms with E-state index in [4.69, 9.17) is 14.5 Å². The van der Waals surface area contributed by atoms with Gasteiger partial charge >= 0.3 is 0 Å². The Morgan fingerprint density at radius 2 is 1.41 bits per heavy atom. The molecule has 0 saturated heterocycles. The molecule has 0 heterocycles. The highest BCUT2D eigenvalue weighted by atomic mass is 16.5. The quantitative estimate of drug-likeness (QED) is 0.257. The van der Waals surface area contributed by atoms with Crippen molar-refractivity contribution in [3.05, 3.63) is 101 Å². The summed E-state index contributed by atoms with van der Waals surface area (Å²) in [7, 11) is 0. The Labute approximate surface area is 173 Å². The molecule has 0 radical (unpaired) electrons. The number of aliphatic imine (C=N–C) groups is 1. The summed E-state index contributed by atoms with van der Waals surface area (Å²) in [6, 6.07) is 24.0. The zero-order valence-electron chi connectivity index (χ0n) is 17.5. The average molecular weight is 386 g/mol. The molecular weight excluding hydrogens is 358 g/mol. The van der Waals surface area contributed by atoms with Gasteiger partial charge < -0.3 is 9.47 Å². The predicted octanol–water partition coefficient (Wildman–Crippen LogP) is 7.09. The maximum atomic E-state index is 6.20. The first kappa shape index (κ1) is 20.4. The first-order valence-electron chi connectivity index (χ1n) is 9.86. The monoisotopic (exact) mass is 385 g/mol. The Morgan fingerprint density at radius 1 is 0.793 bits per heavy atom. The molecule has 0 aliphatic heterocycles. The van der Waals surface area contributed by atoms with Crippen LogP contribution < -0.4 is 9.47 Å². The summed E-state index contributed by atoms with van der Waals surface area (Å²) in [5, 5.41) is 0. The summed E-state index contributed by atoms with van der Waals surface area (Å²) in [5.41, 5.74) is 5.20. The number of hydrogen-bond acceptors (Lipinski definition) is 3. The van der Waals surface area contributed by atoms with Crippen LogP contribution in [0.3, 0.4) is 0 Å². The van der Waals surface area contributed by atoms with Gasteiger partial charge in [-0.15, -0.1) is 0 Å². The first-order chi connectivity index (χ1) is 14.0. The molecule has 0 bridgehead atoms. The van der Waals surface area contributed by atoms with E-state index in [1.807, 2.05) is 86.6 Å². The van der Waals surface area contributed by atoms with E-state index in [1.54, 1.807) is 6.26 Å². The Morgan fingerprint density at radius 3 is 2.03 bits per heavy atom. The number of aryl methyl sites for hydroxylation is 3. The van der Waals surface area contributed by atoms with Crippen molar-refractivity contribution in [2.45, 2.75) is 34.1 Å². The third kappa shape index (κ3) is 6.08. The molecule has 148 valence electrons. The summed E-state index contributed by atoms with van der Waals surface area (Å²) in [6.45, 7) is 8.21. The number of rotatable bonds is 6. The molecule has 0 aliphatic carbocycles. The van der Waals surface area contributed by atoms with Crippen LogP contribution in [0.25, 0.3) is 0 Å². The number of ether oxygens (including phenoxy) is 2. The van der Waals surface area contributed by atoms with E-state index in [0.29, 0.717) is 5.90 Å². The van der Waals surface area contributed by atoms with E-state index in [0.717, 1.165) is 40.3 Å². The Hall–Kier alpha value is -3.33. The first-order valence-corrected chi connectivity index (χ1v) is 9.86. The van der Waals surface area contributed by atoms with Crippen LogP contribution in [0, 0.1) is 20.8 Å². The highest BCUT2D eigenvalue weighted by Gasteiger charge is 2.11. The maximum absolute atomic E-state index is 6.20. The molecule has 3 heteroatoms. The number of nitrogens with zero attached hydrogens (tertiary/aromatic N) is 1. The van der Waals surface area contributed by atoms with Gasteiger partial charge in [-0.1, -0.05) is 48.9 Å². The number of benzene rings is 3. The number of hydrogen-bond donors (Lipinski definition) is 0. The molecule has 0 atom stereocenters. The second kappa shape index (κ2) is 9.74. The Kier molecular flexibility index (Phi) is 6.85. The van der Waals surface area contributed by atoms with Gasteiger partial charge in [-0.3, -0.25) is 0 Å². The Balaban J connectivity index is 1.94. The molecule has 0 unspecified atom stereocenters. The molecular formula is C26H27NO2. The lowest BCUT2D eigenvalue weighted by Gasteiger charge is -2.13. The van der Waals surface area contributed by atoms with Crippen molar-refractivity contribution >= 4 is 11.6 Å². The topological polar surface area (TPSA) is 30.8 Å². The predicted molar refractivity (Wildman–Crippen MR) is 120 cm³/mol. The molecule has 3 aromatic carbocycles. The minimum atomic E-state index is 0.537. The molecule has 0 aromatic heterocycles. The molecule has 0 saturated carbocycles. The van der Waals surface area contributed by atoms with Crippen molar-refractivity contribution in [3.8, 4) is 11.5 Å². The van der Waals surface area contributed by atoms with Crippen LogP contribution in [0.4, 0.5) is 5.69 Å². The maximum Gasteiger partial charge on any atom is 0.226 e. The zero-order valence-corrected chi connectivity index (χ0v) is 17.5. The van der Waals surface area contributed by atoms with Gasteiger partial charge in [0.2, 0.25) is 5.90 Å². The molecule has 0 spiro atoms. The van der Waals surface area contributed by atoms with Crippen molar-refractivity contribution in [1.29, 1.82) is 0 Å². The van der Waals surface area contributed by atoms with Crippen molar-refractivity contribution in [2.75, 3.05) is 0 Å². The third-order valence-corrected chi connectivity index (χ3v) is 4.45. The third-order valence-electron chi connectivity index (χ3n) is 4.45. The van der Waals surface area contributed by atoms with Gasteiger partial charge in [0.05, 0.1) is 11.9 Å². The van der Waals surface area contributed by atoms with Crippen LogP contribution in [0.2, 0.25) is 0 Å². The highest BCUT2D eigenvalue weighted by Crippen LogP contribution is 2.21. The normalized spacial score (nSPS) is 12.0. The van der Waals surface area contributed by atoms with Gasteiger partial charge in [-0.25, -0.2) is 4.99 Å². The van der Waals surface area contributed by atoms with E-state index in [-0.39, 0.29) is 0 Å². The molecule has 3 nitrogen and oxygen atoms in total. The largest absolute Gasteiger partial charge is 0.465 e. The smallest absolute Gasteiger partial charge is 0.226 e. The van der Waals surface area contributed by atoms with E-state index in [2.05, 4.69) is 13.8 Å². The molecule has 3 aromatic rings. The average Bonchev–Trinajstić information content (AvgIpc) is 2.70. The lowest BCUT2D eigenvalue weighted by Crippen LogP contribution is -2.12. The molecule has 0 N–H and O–H groups in total. The van der Waals surface area contributed by atoms with Gasteiger partial charge in [0.15, 0.2) is 0 Å². The summed E-state index contributed by atoms with van der Waals surface area (Å²) in [5.74, 6) is 2.08. The summed E-state index contributed by atoms with van der Waals surface area (Å²) >= 11 is 0. The molecule has 0 fully saturated rings. The zero-order chi connectivity index (χ0) is 20.6. The second-order valence-corrected chi connectivity index (χ2v) is 7.10. The summed E-state index contributed by atoms with van der Waals surface area (Å²) < 4.78 is 12.1. The van der Waals surface area contributed by atoms with Crippen molar-refractivity contribution in [3.63, 3.8) is 0 Å². The molecule has 0 aliphatic rings. The molecule has 0 amide bonds. The van der Waals surface area contributed by atoms with E-state index < -0.39 is 0 Å². The Bertz CT molecular complexity index is 1020. The van der Waals surface area contributed by atoms with Crippen molar-refractivity contribution < 1.29 is 9.47 Å². The summed E-state index contributed by atoms with van der Waals surface area (Å²) in [4.78, 5) is 4.77. The van der Waals surface area contributed by atoms with Gasteiger partial charge in [-0.05, 0) is 74.7 Å². The molecule has 29 heavy (non-hydrogen) atoms. The van der Waals surface area contributed by atoms with Crippen LogP contribution in [-0.4, -0.2) is 5.90 Å². The SMILES string of the molecule is CC/C(=C\Oc1cccc(C)c1)C(=Nc1ccc(C)cc1)Oc1cccc(C)c1. The standard InChI is InChI=1S/C26H27NO2/c1-5-22(18-28-24-10-6-8-20(3)16-24)26(27-23-14-12-19(2)13-15-23)29-25-11-7-9-21(4)17-25/h6-18H,5H2,1-4H3/b22-18+,27-26?. The van der Waals surface area contributed by atoms with Crippen LogP contribution in [0.15, 0.2) is 89.6 Å². The summed E-state index contributed by atoms with van der Waals surface area (Å²) in [6.07, 6.45) is 2.46. The van der Waals surface area contributed by atoms with E-state index in [1.165, 1.54) is 5.56 Å².